The zero-order valence-corrected chi connectivity index (χ0v) is 10.3. The summed E-state index contributed by atoms with van der Waals surface area (Å²) in [4.78, 5) is 2.95. The minimum atomic E-state index is -0.306. The summed E-state index contributed by atoms with van der Waals surface area (Å²) in [6.45, 7) is 1.88. The van der Waals surface area contributed by atoms with Gasteiger partial charge in [-0.15, -0.1) is 0 Å². The number of hydrogen-bond acceptors (Lipinski definition) is 1. The van der Waals surface area contributed by atoms with Gasteiger partial charge in [-0.25, -0.2) is 4.39 Å². The number of hydrogen-bond donors (Lipinski definition) is 1. The van der Waals surface area contributed by atoms with Crippen molar-refractivity contribution in [2.24, 2.45) is 0 Å². The number of aryl methyl sites for hydroxylation is 1. The highest BCUT2D eigenvalue weighted by Gasteiger charge is 2.06. The van der Waals surface area contributed by atoms with Gasteiger partial charge >= 0.3 is 0 Å². The van der Waals surface area contributed by atoms with Crippen molar-refractivity contribution in [2.75, 3.05) is 0 Å². The smallest absolute Gasteiger partial charge is 0.182 e. The molecule has 1 heterocycles. The topological polar surface area (TPSA) is 20.7 Å². The van der Waals surface area contributed by atoms with Crippen molar-refractivity contribution in [3.05, 3.63) is 45.2 Å². The van der Waals surface area contributed by atoms with Crippen LogP contribution >= 0.6 is 28.1 Å². The maximum atomic E-state index is 13.6. The number of aromatic amines is 1. The van der Waals surface area contributed by atoms with Gasteiger partial charge in [-0.05, 0) is 37.3 Å². The first kappa shape index (κ1) is 10.6. The molecule has 1 aromatic carbocycles. The van der Waals surface area contributed by atoms with E-state index in [9.17, 15) is 4.39 Å². The number of aromatic nitrogens is 2. The van der Waals surface area contributed by atoms with Gasteiger partial charge < -0.3 is 4.98 Å². The highest BCUT2D eigenvalue weighted by molar-refractivity contribution is 9.10. The van der Waals surface area contributed by atoms with Gasteiger partial charge in [-0.1, -0.05) is 15.9 Å². The van der Waals surface area contributed by atoms with E-state index in [2.05, 4.69) is 20.9 Å². The second-order valence-electron chi connectivity index (χ2n) is 3.21. The van der Waals surface area contributed by atoms with Gasteiger partial charge in [0, 0.05) is 16.4 Å². The van der Waals surface area contributed by atoms with Crippen molar-refractivity contribution in [2.45, 2.75) is 6.92 Å². The number of imidazole rings is 1. The van der Waals surface area contributed by atoms with Crippen molar-refractivity contribution in [3.8, 4) is 5.69 Å². The predicted octanol–water partition coefficient (Wildman–Crippen LogP) is 3.74. The van der Waals surface area contributed by atoms with Crippen LogP contribution in [0.1, 0.15) is 5.69 Å². The van der Waals surface area contributed by atoms with E-state index in [1.54, 1.807) is 22.9 Å². The van der Waals surface area contributed by atoms with Gasteiger partial charge in [0.2, 0.25) is 0 Å². The molecule has 15 heavy (non-hydrogen) atoms. The molecular formula is C10H8BrFN2S. The second-order valence-corrected chi connectivity index (χ2v) is 4.51. The molecule has 1 N–H and O–H groups in total. The highest BCUT2D eigenvalue weighted by atomic mass is 79.9. The molecule has 0 saturated heterocycles. The van der Waals surface area contributed by atoms with Crippen molar-refractivity contribution in [1.82, 2.24) is 9.55 Å². The summed E-state index contributed by atoms with van der Waals surface area (Å²) in [7, 11) is 0. The van der Waals surface area contributed by atoms with Crippen molar-refractivity contribution in [3.63, 3.8) is 0 Å². The average molecular weight is 287 g/mol. The molecule has 0 unspecified atom stereocenters. The van der Waals surface area contributed by atoms with Gasteiger partial charge in [-0.2, -0.15) is 0 Å². The molecule has 0 aliphatic carbocycles. The molecule has 0 atom stereocenters. The lowest BCUT2D eigenvalue weighted by atomic mass is 10.3. The summed E-state index contributed by atoms with van der Waals surface area (Å²) in [6, 6.07) is 4.88. The SMILES string of the molecule is Cc1cn(-c2ccc(Br)cc2F)c(=S)[nH]1. The first-order valence-electron chi connectivity index (χ1n) is 4.31. The van der Waals surface area contributed by atoms with E-state index in [1.165, 1.54) is 6.07 Å². The number of benzene rings is 1. The van der Waals surface area contributed by atoms with E-state index in [-0.39, 0.29) is 5.82 Å². The third kappa shape index (κ3) is 2.03. The maximum Gasteiger partial charge on any atom is 0.182 e. The van der Waals surface area contributed by atoms with Gasteiger partial charge in [0.1, 0.15) is 5.82 Å². The molecule has 0 amide bonds. The fraction of sp³-hybridized carbons (Fsp3) is 0.100. The molecule has 0 spiro atoms. The Hall–Kier alpha value is -0.940. The van der Waals surface area contributed by atoms with Crippen LogP contribution in [-0.2, 0) is 0 Å². The van der Waals surface area contributed by atoms with E-state index in [1.807, 2.05) is 6.92 Å². The summed E-state index contributed by atoms with van der Waals surface area (Å²) in [5.74, 6) is -0.306. The monoisotopic (exact) mass is 286 g/mol. The Morgan fingerprint density at radius 1 is 1.47 bits per heavy atom. The van der Waals surface area contributed by atoms with Crippen LogP contribution in [0.3, 0.4) is 0 Å². The summed E-state index contributed by atoms with van der Waals surface area (Å²) < 4.78 is 16.4. The Balaban J connectivity index is 2.64. The van der Waals surface area contributed by atoms with Gasteiger partial charge in [0.25, 0.3) is 0 Å². The predicted molar refractivity (Wildman–Crippen MR) is 63.3 cm³/mol. The number of nitrogens with one attached hydrogen (secondary N) is 1. The molecule has 5 heteroatoms. The summed E-state index contributed by atoms with van der Waals surface area (Å²) >= 11 is 8.29. The first-order chi connectivity index (χ1) is 7.08. The fourth-order valence-corrected chi connectivity index (χ4v) is 2.01. The normalized spacial score (nSPS) is 10.6. The van der Waals surface area contributed by atoms with Crippen molar-refractivity contribution in [1.29, 1.82) is 0 Å². The van der Waals surface area contributed by atoms with Crippen LogP contribution in [-0.4, -0.2) is 9.55 Å². The Morgan fingerprint density at radius 3 is 2.73 bits per heavy atom. The Morgan fingerprint density at radius 2 is 2.20 bits per heavy atom. The third-order valence-electron chi connectivity index (χ3n) is 2.01. The molecule has 2 nitrogen and oxygen atoms in total. The van der Waals surface area contributed by atoms with Gasteiger partial charge in [0.05, 0.1) is 5.69 Å². The van der Waals surface area contributed by atoms with Gasteiger partial charge in [0.15, 0.2) is 4.77 Å². The number of H-pyrrole nitrogens is 1. The molecule has 0 saturated carbocycles. The van der Waals surface area contributed by atoms with E-state index in [0.29, 0.717) is 14.9 Å². The highest BCUT2D eigenvalue weighted by Crippen LogP contribution is 2.19. The molecule has 2 rings (SSSR count). The Bertz CT molecular complexity index is 559. The number of nitrogens with zero attached hydrogens (tertiary/aromatic N) is 1. The van der Waals surface area contributed by atoms with Crippen LogP contribution in [0.25, 0.3) is 5.69 Å². The van der Waals surface area contributed by atoms with Crippen LogP contribution in [0.4, 0.5) is 4.39 Å². The lowest BCUT2D eigenvalue weighted by Crippen LogP contribution is -1.95. The average Bonchev–Trinajstić information content (AvgIpc) is 2.45. The molecule has 0 radical (unpaired) electrons. The quantitative estimate of drug-likeness (QED) is 0.792. The minimum absolute atomic E-state index is 0.306. The Labute approximate surface area is 99.9 Å². The zero-order chi connectivity index (χ0) is 11.0. The van der Waals surface area contributed by atoms with E-state index < -0.39 is 0 Å². The zero-order valence-electron chi connectivity index (χ0n) is 7.92. The van der Waals surface area contributed by atoms with E-state index in [0.717, 1.165) is 5.69 Å². The molecule has 0 aliphatic rings. The third-order valence-corrected chi connectivity index (χ3v) is 2.81. The lowest BCUT2D eigenvalue weighted by molar-refractivity contribution is 0.616. The molecule has 1 aromatic heterocycles. The molecule has 0 fully saturated rings. The van der Waals surface area contributed by atoms with Crippen molar-refractivity contribution < 1.29 is 4.39 Å². The van der Waals surface area contributed by atoms with Crippen LogP contribution in [0, 0.1) is 17.5 Å². The summed E-state index contributed by atoms with van der Waals surface area (Å²) in [5, 5.41) is 0. The van der Waals surface area contributed by atoms with E-state index in [4.69, 9.17) is 12.2 Å². The molecule has 0 bridgehead atoms. The lowest BCUT2D eigenvalue weighted by Gasteiger charge is -2.03. The van der Waals surface area contributed by atoms with E-state index >= 15 is 0 Å². The van der Waals surface area contributed by atoms with Crippen LogP contribution < -0.4 is 0 Å². The van der Waals surface area contributed by atoms with Gasteiger partial charge in [-0.3, -0.25) is 4.57 Å². The molecule has 0 aliphatic heterocycles. The molecule has 2 aromatic rings. The summed E-state index contributed by atoms with van der Waals surface area (Å²) in [6.07, 6.45) is 1.77. The largest absolute Gasteiger partial charge is 0.335 e. The minimum Gasteiger partial charge on any atom is -0.335 e. The number of halogens is 2. The first-order valence-corrected chi connectivity index (χ1v) is 5.52. The van der Waals surface area contributed by atoms with Crippen LogP contribution in [0.5, 0.6) is 0 Å². The van der Waals surface area contributed by atoms with Crippen LogP contribution in [0.2, 0.25) is 0 Å². The molecular weight excluding hydrogens is 279 g/mol. The van der Waals surface area contributed by atoms with Crippen molar-refractivity contribution >= 4 is 28.1 Å². The number of rotatable bonds is 1. The summed E-state index contributed by atoms with van der Waals surface area (Å²) in [5.41, 5.74) is 1.36. The fourth-order valence-electron chi connectivity index (χ4n) is 1.37. The Kier molecular flexibility index (Phi) is 2.75. The molecule has 78 valence electrons. The van der Waals surface area contributed by atoms with Crippen LogP contribution in [0.15, 0.2) is 28.9 Å². The standard InChI is InChI=1S/C10H8BrFN2S/c1-6-5-14(10(15)13-6)9-3-2-7(11)4-8(9)12/h2-5H,1H3,(H,13,15). The maximum absolute atomic E-state index is 13.6. The second kappa shape index (κ2) is 3.90.